The summed E-state index contributed by atoms with van der Waals surface area (Å²) in [6.07, 6.45) is 8.88. The third-order valence-corrected chi connectivity index (χ3v) is 7.77. The number of hydrogen-bond donors (Lipinski definition) is 1. The van der Waals surface area contributed by atoms with Crippen molar-refractivity contribution in [3.8, 4) is 10.4 Å². The first-order valence-corrected chi connectivity index (χ1v) is 10.4. The van der Waals surface area contributed by atoms with Gasteiger partial charge >= 0.3 is 0 Å². The molecule has 1 N–H and O–H groups in total. The Bertz CT molecular complexity index is 691. The van der Waals surface area contributed by atoms with Crippen molar-refractivity contribution in [2.24, 2.45) is 17.8 Å². The highest BCUT2D eigenvalue weighted by Crippen LogP contribution is 2.55. The van der Waals surface area contributed by atoms with E-state index in [1.807, 2.05) is 11.3 Å². The summed E-state index contributed by atoms with van der Waals surface area (Å²) in [5.74, 6) is 3.06. The maximum absolute atomic E-state index is 4.01. The Morgan fingerprint density at radius 3 is 2.17 bits per heavy atom. The van der Waals surface area contributed by atoms with Crippen LogP contribution in [0.25, 0.3) is 10.4 Å². The number of benzene rings is 1. The lowest BCUT2D eigenvalue weighted by atomic mass is 9.53. The van der Waals surface area contributed by atoms with Gasteiger partial charge in [0.05, 0.1) is 0 Å². The largest absolute Gasteiger partial charge is 0.307 e. The molecule has 1 nitrogen and oxygen atoms in total. The van der Waals surface area contributed by atoms with Crippen molar-refractivity contribution in [1.29, 1.82) is 0 Å². The van der Waals surface area contributed by atoms with E-state index in [0.29, 0.717) is 5.54 Å². The van der Waals surface area contributed by atoms with Gasteiger partial charge in [0.15, 0.2) is 0 Å². The minimum absolute atomic E-state index is 0.471. The third-order valence-electron chi connectivity index (χ3n) is 6.67. The van der Waals surface area contributed by atoms with Gasteiger partial charge in [0, 0.05) is 17.0 Å². The van der Waals surface area contributed by atoms with Crippen molar-refractivity contribution >= 4 is 11.3 Å². The molecule has 0 amide bonds. The quantitative estimate of drug-likeness (QED) is 0.745. The lowest BCUT2D eigenvalue weighted by Crippen LogP contribution is -2.58. The van der Waals surface area contributed by atoms with E-state index in [4.69, 9.17) is 0 Å². The molecule has 4 saturated carbocycles. The predicted octanol–water partition coefficient (Wildman–Crippen LogP) is 5.78. The fourth-order valence-corrected chi connectivity index (χ4v) is 6.89. The average Bonchev–Trinajstić information content (AvgIpc) is 2.99. The van der Waals surface area contributed by atoms with E-state index in [0.717, 1.165) is 24.3 Å². The van der Waals surface area contributed by atoms with Crippen LogP contribution in [0.1, 0.15) is 49.7 Å². The van der Waals surface area contributed by atoms with Gasteiger partial charge in [0.2, 0.25) is 0 Å². The summed E-state index contributed by atoms with van der Waals surface area (Å²) in [6.45, 7) is 3.21. The van der Waals surface area contributed by atoms with Gasteiger partial charge in [-0.25, -0.2) is 0 Å². The Morgan fingerprint density at radius 2 is 1.62 bits per heavy atom. The molecule has 0 unspecified atom stereocenters. The summed E-state index contributed by atoms with van der Waals surface area (Å²) in [7, 11) is 0. The van der Waals surface area contributed by atoms with Gasteiger partial charge in [-0.05, 0) is 91.3 Å². The molecule has 0 aliphatic heterocycles. The van der Waals surface area contributed by atoms with Crippen LogP contribution < -0.4 is 5.32 Å². The van der Waals surface area contributed by atoms with Crippen LogP contribution in [0.4, 0.5) is 0 Å². The van der Waals surface area contributed by atoms with Crippen LogP contribution in [0.15, 0.2) is 35.7 Å². The first-order chi connectivity index (χ1) is 11.7. The monoisotopic (exact) mass is 337 g/mol. The van der Waals surface area contributed by atoms with E-state index in [2.05, 4.69) is 48.0 Å². The molecule has 4 bridgehead atoms. The molecule has 1 heterocycles. The zero-order valence-corrected chi connectivity index (χ0v) is 15.4. The summed E-state index contributed by atoms with van der Waals surface area (Å²) >= 11 is 1.84. The van der Waals surface area contributed by atoms with Crippen LogP contribution >= 0.6 is 11.3 Å². The zero-order valence-electron chi connectivity index (χ0n) is 14.6. The van der Waals surface area contributed by atoms with E-state index >= 15 is 0 Å². The van der Waals surface area contributed by atoms with Crippen LogP contribution in [0.5, 0.6) is 0 Å². The van der Waals surface area contributed by atoms with Crippen LogP contribution in [0, 0.1) is 24.7 Å². The van der Waals surface area contributed by atoms with Crippen molar-refractivity contribution in [3.05, 3.63) is 46.8 Å². The Kier molecular flexibility index (Phi) is 3.61. The molecule has 2 aromatic rings. The number of aryl methyl sites for hydroxylation is 1. The lowest BCUT2D eigenvalue weighted by Gasteiger charge is -2.57. The van der Waals surface area contributed by atoms with E-state index in [1.165, 1.54) is 60.1 Å². The summed E-state index contributed by atoms with van der Waals surface area (Å²) in [4.78, 5) is 1.38. The Labute approximate surface area is 149 Å². The second-order valence-corrected chi connectivity index (χ2v) is 9.65. The van der Waals surface area contributed by atoms with Crippen molar-refractivity contribution < 1.29 is 0 Å². The number of hydrogen-bond acceptors (Lipinski definition) is 2. The highest BCUT2D eigenvalue weighted by molar-refractivity contribution is 7.13. The molecule has 24 heavy (non-hydrogen) atoms. The van der Waals surface area contributed by atoms with E-state index < -0.39 is 0 Å². The summed E-state index contributed by atoms with van der Waals surface area (Å²) in [5.41, 5.74) is 4.62. The number of nitrogens with one attached hydrogen (secondary N) is 1. The molecule has 0 spiro atoms. The van der Waals surface area contributed by atoms with Gasteiger partial charge in [-0.1, -0.05) is 24.3 Å². The molecule has 4 aliphatic rings. The number of thiophene rings is 1. The summed E-state index contributed by atoms with van der Waals surface area (Å²) in [6, 6.07) is 11.5. The molecule has 6 rings (SSSR count). The minimum atomic E-state index is 0.471. The first kappa shape index (κ1) is 15.2. The predicted molar refractivity (Wildman–Crippen MR) is 102 cm³/mol. The fourth-order valence-electron chi connectivity index (χ4n) is 5.99. The molecule has 2 heteroatoms. The topological polar surface area (TPSA) is 12.0 Å². The fraction of sp³-hybridized carbons (Fsp3) is 0.545. The normalized spacial score (nSPS) is 34.0. The number of rotatable bonds is 4. The summed E-state index contributed by atoms with van der Waals surface area (Å²) < 4.78 is 0. The Balaban J connectivity index is 1.27. The van der Waals surface area contributed by atoms with Crippen molar-refractivity contribution in [1.82, 2.24) is 5.32 Å². The molecular weight excluding hydrogens is 310 g/mol. The molecule has 0 radical (unpaired) electrons. The van der Waals surface area contributed by atoms with Gasteiger partial charge in [0.25, 0.3) is 0 Å². The van der Waals surface area contributed by atoms with Crippen LogP contribution in [0.2, 0.25) is 0 Å². The van der Waals surface area contributed by atoms with Gasteiger partial charge in [-0.15, -0.1) is 11.3 Å². The second kappa shape index (κ2) is 5.71. The van der Waals surface area contributed by atoms with Crippen LogP contribution in [-0.4, -0.2) is 5.54 Å². The van der Waals surface area contributed by atoms with Crippen LogP contribution in [0.3, 0.4) is 0 Å². The maximum atomic E-state index is 4.01. The van der Waals surface area contributed by atoms with Crippen molar-refractivity contribution in [2.75, 3.05) is 0 Å². The molecule has 1 aromatic heterocycles. The first-order valence-electron chi connectivity index (χ1n) is 9.57. The lowest BCUT2D eigenvalue weighted by molar-refractivity contribution is -0.0206. The molecule has 0 saturated heterocycles. The minimum Gasteiger partial charge on any atom is -0.307 e. The molecular formula is C22H27NS. The highest BCUT2D eigenvalue weighted by Gasteiger charge is 2.50. The molecule has 126 valence electrons. The smallest absolute Gasteiger partial charge is 0.0345 e. The summed E-state index contributed by atoms with van der Waals surface area (Å²) in [5, 5.41) is 6.24. The second-order valence-electron chi connectivity index (χ2n) is 8.74. The van der Waals surface area contributed by atoms with E-state index in [-0.39, 0.29) is 0 Å². The third kappa shape index (κ3) is 2.74. The zero-order chi connectivity index (χ0) is 16.1. The van der Waals surface area contributed by atoms with Crippen LogP contribution in [-0.2, 0) is 6.54 Å². The van der Waals surface area contributed by atoms with Crippen molar-refractivity contribution in [3.63, 3.8) is 0 Å². The van der Waals surface area contributed by atoms with E-state index in [1.54, 1.807) is 0 Å². The molecule has 0 atom stereocenters. The standard InChI is InChI=1S/C22H27NS/c1-15-6-21(24-14-15)20-4-2-16(3-5-20)13-23-22-10-17-7-18(11-22)9-19(8-17)12-22/h2-6,14,17-19,23H,7-13H2,1H3. The van der Waals surface area contributed by atoms with Gasteiger partial charge in [-0.3, -0.25) is 0 Å². The van der Waals surface area contributed by atoms with Crippen molar-refractivity contribution in [2.45, 2.75) is 57.5 Å². The van der Waals surface area contributed by atoms with Gasteiger partial charge in [0.1, 0.15) is 0 Å². The average molecular weight is 338 g/mol. The highest BCUT2D eigenvalue weighted by atomic mass is 32.1. The van der Waals surface area contributed by atoms with Gasteiger partial charge < -0.3 is 5.32 Å². The van der Waals surface area contributed by atoms with E-state index in [9.17, 15) is 0 Å². The Hall–Kier alpha value is -1.12. The molecule has 4 aliphatic carbocycles. The van der Waals surface area contributed by atoms with Gasteiger partial charge in [-0.2, -0.15) is 0 Å². The molecule has 4 fully saturated rings. The molecule has 1 aromatic carbocycles. The maximum Gasteiger partial charge on any atom is 0.0345 e. The SMILES string of the molecule is Cc1csc(-c2ccc(CNC34CC5CC(CC(C5)C3)C4)cc2)c1. The Morgan fingerprint density at radius 1 is 1.00 bits per heavy atom.